The van der Waals surface area contributed by atoms with Crippen molar-refractivity contribution in [1.29, 1.82) is 0 Å². The van der Waals surface area contributed by atoms with Gasteiger partial charge in [-0.3, -0.25) is 24.4 Å². The smallest absolute Gasteiger partial charge is 0.339 e. The highest BCUT2D eigenvalue weighted by molar-refractivity contribution is 6.12. The first-order valence-corrected chi connectivity index (χ1v) is 23.3. The number of hydrogen-bond donors (Lipinski definition) is 0. The number of Topliss-reactive ketones (excluding diaryl/α,β-unsaturated/α-hetero) is 1. The van der Waals surface area contributed by atoms with Gasteiger partial charge in [-0.2, -0.15) is 0 Å². The Morgan fingerprint density at radius 2 is 0.603 bits per heavy atom. The topological polar surface area (TPSA) is 118 Å². The van der Waals surface area contributed by atoms with Gasteiger partial charge in [-0.25, -0.2) is 14.4 Å². The van der Waals surface area contributed by atoms with E-state index < -0.39 is 42.0 Å². The van der Waals surface area contributed by atoms with E-state index in [4.69, 9.17) is 18.9 Å². The van der Waals surface area contributed by atoms with Crippen LogP contribution in [0.5, 0.6) is 0 Å². The highest BCUT2D eigenvalue weighted by Crippen LogP contribution is 2.42. The molecule has 0 saturated carbocycles. The summed E-state index contributed by atoms with van der Waals surface area (Å²) >= 11 is 0. The summed E-state index contributed by atoms with van der Waals surface area (Å²) in [6, 6.07) is 2.70. The minimum Gasteiger partial charge on any atom is -0.459 e. The van der Waals surface area contributed by atoms with Crippen molar-refractivity contribution in [1.82, 2.24) is 19.6 Å². The van der Waals surface area contributed by atoms with Crippen LogP contribution in [0.4, 0.5) is 0 Å². The molecule has 0 aliphatic carbocycles. The second-order valence-corrected chi connectivity index (χ2v) is 24.8. The molecule has 0 amide bonds. The normalized spacial score (nSPS) is 26.5. The highest BCUT2D eigenvalue weighted by atomic mass is 16.6. The Balaban J connectivity index is 1.60. The Morgan fingerprint density at radius 1 is 0.397 bits per heavy atom. The summed E-state index contributed by atoms with van der Waals surface area (Å²) in [5.41, 5.74) is -2.51. The molecule has 4 aliphatic rings. The van der Waals surface area contributed by atoms with Gasteiger partial charge in [0.25, 0.3) is 0 Å². The summed E-state index contributed by atoms with van der Waals surface area (Å²) in [4.78, 5) is 68.0. The Hall–Kier alpha value is -2.90. The number of likely N-dealkylation sites (tertiary alicyclic amines) is 4. The lowest BCUT2D eigenvalue weighted by atomic mass is 9.78. The predicted octanol–water partition coefficient (Wildman–Crippen LogP) is 8.96. The van der Waals surface area contributed by atoms with Crippen LogP contribution >= 0.6 is 0 Å². The van der Waals surface area contributed by atoms with E-state index in [1.54, 1.807) is 0 Å². The van der Waals surface area contributed by atoms with Gasteiger partial charge in [-0.1, -0.05) is 0 Å². The van der Waals surface area contributed by atoms with E-state index in [9.17, 15) is 19.2 Å². The minimum atomic E-state index is -0.756. The standard InChI is InChI=1S/C51H84N4O8/c1-44(2)23-32(24-45(3,4)52(44)17)60-31-40(56)36-21-38(42(58)62-34-27-48(9,10)54(19)49(11,12)28-34)39(43(59)63-35-29-50(13,14)55(20)51(15,16)30-35)22-37(36)41(57)61-33-25-46(5,6)53(18)47(7,8)26-33/h21-22,32-35H,23-31H2,1-20H3. The molecule has 356 valence electrons. The molecule has 12 nitrogen and oxygen atoms in total. The fourth-order valence-corrected chi connectivity index (χ4v) is 11.7. The summed E-state index contributed by atoms with van der Waals surface area (Å²) in [6.45, 7) is 33.8. The molecule has 0 bridgehead atoms. The number of esters is 3. The summed E-state index contributed by atoms with van der Waals surface area (Å²) < 4.78 is 25.4. The molecule has 4 heterocycles. The number of benzene rings is 1. The van der Waals surface area contributed by atoms with Crippen LogP contribution in [0.2, 0.25) is 0 Å². The second kappa shape index (κ2) is 17.1. The van der Waals surface area contributed by atoms with E-state index in [1.807, 2.05) is 0 Å². The van der Waals surface area contributed by atoms with E-state index in [-0.39, 0.29) is 79.3 Å². The molecular formula is C51H84N4O8. The molecular weight excluding hydrogens is 797 g/mol. The lowest BCUT2D eigenvalue weighted by Crippen LogP contribution is -2.60. The zero-order chi connectivity index (χ0) is 47.8. The van der Waals surface area contributed by atoms with Crippen molar-refractivity contribution >= 4 is 23.7 Å². The lowest BCUT2D eigenvalue weighted by molar-refractivity contribution is -0.0867. The molecule has 4 saturated heterocycles. The minimum absolute atomic E-state index is 0.0491. The monoisotopic (exact) mass is 881 g/mol. The first-order valence-electron chi connectivity index (χ1n) is 23.3. The number of ketones is 1. The van der Waals surface area contributed by atoms with Crippen LogP contribution < -0.4 is 0 Å². The highest BCUT2D eigenvalue weighted by Gasteiger charge is 2.49. The number of ether oxygens (including phenoxy) is 4. The maximum absolute atomic E-state index is 14.7. The summed E-state index contributed by atoms with van der Waals surface area (Å²) in [5, 5.41) is 0. The Kier molecular flexibility index (Phi) is 13.8. The Bertz CT molecular complexity index is 1860. The third-order valence-electron chi connectivity index (χ3n) is 16.5. The summed E-state index contributed by atoms with van der Waals surface area (Å²) in [7, 11) is 8.35. The molecule has 0 spiro atoms. The third-order valence-corrected chi connectivity index (χ3v) is 16.5. The van der Waals surface area contributed by atoms with Gasteiger partial charge in [0.2, 0.25) is 0 Å². The van der Waals surface area contributed by atoms with Gasteiger partial charge < -0.3 is 18.9 Å². The SMILES string of the molecule is CN1C(C)(C)CC(OCC(=O)c2cc(C(=O)OC3CC(C)(C)N(C)C(C)(C)C3)c(C(=O)OC3CC(C)(C)N(C)C(C)(C)C3)cc2C(=O)OC2CC(C)(C)N(C)C(C)(C)C2)CC1(C)C. The Morgan fingerprint density at radius 3 is 0.857 bits per heavy atom. The number of nitrogens with zero attached hydrogens (tertiary/aromatic N) is 4. The van der Waals surface area contributed by atoms with Crippen LogP contribution in [0.15, 0.2) is 12.1 Å². The van der Waals surface area contributed by atoms with Crippen molar-refractivity contribution in [2.45, 2.75) is 231 Å². The first kappa shape index (κ1) is 51.1. The summed E-state index contributed by atoms with van der Waals surface area (Å²) in [5.74, 6) is -2.74. The molecule has 0 radical (unpaired) electrons. The molecule has 4 aliphatic heterocycles. The fourth-order valence-electron chi connectivity index (χ4n) is 11.7. The van der Waals surface area contributed by atoms with Crippen LogP contribution in [0.25, 0.3) is 0 Å². The number of piperidine rings is 4. The van der Waals surface area contributed by atoms with Crippen LogP contribution in [0, 0.1) is 0 Å². The molecule has 1 aromatic rings. The van der Waals surface area contributed by atoms with Crippen molar-refractivity contribution in [3.8, 4) is 0 Å². The van der Waals surface area contributed by atoms with Crippen LogP contribution in [-0.2, 0) is 18.9 Å². The van der Waals surface area contributed by atoms with E-state index in [1.165, 1.54) is 12.1 Å². The zero-order valence-electron chi connectivity index (χ0n) is 42.9. The van der Waals surface area contributed by atoms with Gasteiger partial charge >= 0.3 is 17.9 Å². The van der Waals surface area contributed by atoms with Crippen molar-refractivity contribution in [3.05, 3.63) is 34.4 Å². The second-order valence-electron chi connectivity index (χ2n) is 24.8. The Labute approximate surface area is 380 Å². The molecule has 4 fully saturated rings. The van der Waals surface area contributed by atoms with Crippen molar-refractivity contribution in [2.75, 3.05) is 34.8 Å². The predicted molar refractivity (Wildman–Crippen MR) is 249 cm³/mol. The number of carbonyl (C=O) groups excluding carboxylic acids is 4. The number of hydrogen-bond acceptors (Lipinski definition) is 12. The van der Waals surface area contributed by atoms with Crippen LogP contribution in [0.3, 0.4) is 0 Å². The van der Waals surface area contributed by atoms with E-state index in [2.05, 4.69) is 159 Å². The number of carbonyl (C=O) groups is 4. The lowest BCUT2D eigenvalue weighted by Gasteiger charge is -2.53. The summed E-state index contributed by atoms with van der Waals surface area (Å²) in [6.07, 6.45) is 3.14. The molecule has 0 atom stereocenters. The van der Waals surface area contributed by atoms with Crippen LogP contribution in [-0.4, -0.2) is 147 Å². The fraction of sp³-hybridized carbons (Fsp3) is 0.804. The van der Waals surface area contributed by atoms with E-state index in [0.717, 1.165) is 0 Å². The van der Waals surface area contributed by atoms with Crippen molar-refractivity contribution in [2.24, 2.45) is 0 Å². The molecule has 1 aromatic carbocycles. The molecule has 0 N–H and O–H groups in total. The molecule has 12 heteroatoms. The van der Waals surface area contributed by atoms with Gasteiger partial charge in [0.05, 0.1) is 22.8 Å². The third kappa shape index (κ3) is 10.7. The molecule has 0 aromatic heterocycles. The van der Waals surface area contributed by atoms with Crippen molar-refractivity contribution < 1.29 is 38.1 Å². The van der Waals surface area contributed by atoms with Gasteiger partial charge in [-0.15, -0.1) is 0 Å². The molecule has 0 unspecified atom stereocenters. The van der Waals surface area contributed by atoms with Crippen LogP contribution in [0.1, 0.15) is 204 Å². The van der Waals surface area contributed by atoms with Crippen molar-refractivity contribution in [3.63, 3.8) is 0 Å². The van der Waals surface area contributed by atoms with Gasteiger partial charge in [0.15, 0.2) is 5.78 Å². The number of rotatable bonds is 10. The van der Waals surface area contributed by atoms with Gasteiger partial charge in [-0.05, 0) is 164 Å². The quantitative estimate of drug-likeness (QED) is 0.127. The maximum atomic E-state index is 14.7. The average Bonchev–Trinajstić information content (AvgIpc) is 3.11. The largest absolute Gasteiger partial charge is 0.459 e. The molecule has 63 heavy (non-hydrogen) atoms. The van der Waals surface area contributed by atoms with E-state index in [0.29, 0.717) is 51.4 Å². The van der Waals surface area contributed by atoms with Gasteiger partial charge in [0, 0.05) is 88.4 Å². The first-order chi connectivity index (χ1) is 28.4. The van der Waals surface area contributed by atoms with E-state index >= 15 is 0 Å². The maximum Gasteiger partial charge on any atom is 0.339 e. The zero-order valence-corrected chi connectivity index (χ0v) is 42.9. The van der Waals surface area contributed by atoms with Gasteiger partial charge in [0.1, 0.15) is 24.9 Å². The molecule has 5 rings (SSSR count). The average molecular weight is 881 g/mol.